The van der Waals surface area contributed by atoms with Gasteiger partial charge >= 0.3 is 0 Å². The molecule has 0 aromatic heterocycles. The number of allylic oxidation sites excluding steroid dienone is 2. The lowest BCUT2D eigenvalue weighted by Crippen LogP contribution is -2.45. The zero-order valence-electron chi connectivity index (χ0n) is 27.7. The van der Waals surface area contributed by atoms with Crippen molar-refractivity contribution in [2.45, 2.75) is 67.2 Å². The second-order valence-electron chi connectivity index (χ2n) is 10.6. The molecule has 8 heteroatoms. The third-order valence-electron chi connectivity index (χ3n) is 7.51. The molecule has 43 heavy (non-hydrogen) atoms. The molecule has 0 radical (unpaired) electrons. The van der Waals surface area contributed by atoms with E-state index in [2.05, 4.69) is 58.5 Å². The summed E-state index contributed by atoms with van der Waals surface area (Å²) in [6.45, 7) is 18.9. The van der Waals surface area contributed by atoms with Gasteiger partial charge < -0.3 is 26.0 Å². The number of carbonyl (C=O) groups is 2. The second kappa shape index (κ2) is 20.1. The molecule has 1 aromatic carbocycles. The van der Waals surface area contributed by atoms with E-state index >= 15 is 0 Å². The summed E-state index contributed by atoms with van der Waals surface area (Å²) in [6.07, 6.45) is 7.69. The molecule has 2 aliphatic rings. The molecule has 1 heterocycles. The minimum atomic E-state index is -0.350. The predicted octanol–water partition coefficient (Wildman–Crippen LogP) is 5.94. The van der Waals surface area contributed by atoms with E-state index in [9.17, 15) is 9.59 Å². The third-order valence-corrected chi connectivity index (χ3v) is 7.51. The van der Waals surface area contributed by atoms with E-state index in [-0.39, 0.29) is 23.3 Å². The molecule has 2 amide bonds. The van der Waals surface area contributed by atoms with Gasteiger partial charge in [0.2, 0.25) is 5.91 Å². The number of nitrogens with zero attached hydrogens (tertiary/aromatic N) is 1. The van der Waals surface area contributed by atoms with Gasteiger partial charge in [0, 0.05) is 38.1 Å². The van der Waals surface area contributed by atoms with Crippen molar-refractivity contribution < 1.29 is 14.3 Å². The molecule has 236 valence electrons. The molecule has 2 fully saturated rings. The van der Waals surface area contributed by atoms with Crippen LogP contribution in [-0.2, 0) is 9.59 Å². The highest BCUT2D eigenvalue weighted by Crippen LogP contribution is 2.35. The Bertz CT molecular complexity index is 1220. The maximum Gasteiger partial charge on any atom is 0.252 e. The smallest absolute Gasteiger partial charge is 0.252 e. The van der Waals surface area contributed by atoms with Crippen LogP contribution in [0.3, 0.4) is 0 Å². The number of amidine groups is 1. The van der Waals surface area contributed by atoms with Crippen LogP contribution in [0.25, 0.3) is 5.57 Å². The number of hydrogen-bond donors (Lipinski definition) is 4. The van der Waals surface area contributed by atoms with Gasteiger partial charge in [-0.2, -0.15) is 0 Å². The predicted molar refractivity (Wildman–Crippen MR) is 181 cm³/mol. The van der Waals surface area contributed by atoms with E-state index in [0.29, 0.717) is 23.0 Å². The fourth-order valence-electron chi connectivity index (χ4n) is 4.03. The number of methoxy groups -OCH3 is 1. The Morgan fingerprint density at radius 3 is 2.33 bits per heavy atom. The van der Waals surface area contributed by atoms with E-state index in [1.54, 1.807) is 20.2 Å². The van der Waals surface area contributed by atoms with Gasteiger partial charge in [-0.3, -0.25) is 14.6 Å². The number of benzene rings is 1. The standard InChI is InChI=1S/C23H30N4O3.C7H15N.C5H8/c1-7-14(2)17-9-8-10-18(21(17)30-6)26-19(15(3)22(28)25-5)13-20(24-4)27-23(29)16-11-12-16;1-3-6(2)7-4-8-5-7;1-3-5-4-2/h7-10,13,16,26H,3,11-12H2,1-2,4-6H3,(H,25,28)(H,24,27,29);6-8H,3-5H2,1-2H3;3H2,1-2H3/b14-7+,19-13+;;/t;6-;/m.1./s1. The highest BCUT2D eigenvalue weighted by atomic mass is 16.5. The highest BCUT2D eigenvalue weighted by molar-refractivity contribution is 6.08. The van der Waals surface area contributed by atoms with Gasteiger partial charge in [-0.1, -0.05) is 52.0 Å². The van der Waals surface area contributed by atoms with Crippen LogP contribution in [0.4, 0.5) is 5.69 Å². The van der Waals surface area contributed by atoms with Gasteiger partial charge in [-0.25, -0.2) is 0 Å². The number of nitrogens with one attached hydrogen (secondary N) is 4. The van der Waals surface area contributed by atoms with E-state index in [1.807, 2.05) is 52.0 Å². The van der Waals surface area contributed by atoms with Crippen molar-refractivity contribution in [1.29, 1.82) is 0 Å². The van der Waals surface area contributed by atoms with Crippen LogP contribution in [0.1, 0.15) is 72.8 Å². The normalized spacial score (nSPS) is 15.5. The average Bonchev–Trinajstić information content (AvgIpc) is 3.85. The molecule has 8 nitrogen and oxygen atoms in total. The fourth-order valence-corrected chi connectivity index (χ4v) is 4.03. The first-order valence-electron chi connectivity index (χ1n) is 15.2. The van der Waals surface area contributed by atoms with Gasteiger partial charge in [0.25, 0.3) is 5.91 Å². The van der Waals surface area contributed by atoms with Crippen molar-refractivity contribution in [3.05, 3.63) is 53.8 Å². The molecule has 3 rings (SSSR count). The van der Waals surface area contributed by atoms with Gasteiger partial charge in [-0.05, 0) is 70.2 Å². The van der Waals surface area contributed by atoms with E-state index in [4.69, 9.17) is 4.74 Å². The number of amides is 2. The van der Waals surface area contributed by atoms with E-state index in [0.717, 1.165) is 42.2 Å². The number of hydrogen-bond acceptors (Lipinski definition) is 6. The van der Waals surface area contributed by atoms with E-state index < -0.39 is 0 Å². The van der Waals surface area contributed by atoms with Crippen molar-refractivity contribution in [2.75, 3.05) is 39.6 Å². The molecular formula is C35H53N5O3. The van der Waals surface area contributed by atoms with E-state index in [1.165, 1.54) is 26.6 Å². The quantitative estimate of drug-likeness (QED) is 0.0886. The lowest BCUT2D eigenvalue weighted by atomic mass is 9.87. The topological polar surface area (TPSA) is 104 Å². The van der Waals surface area contributed by atoms with Crippen LogP contribution in [0.2, 0.25) is 0 Å². The number of likely N-dealkylation sites (N-methyl/N-ethyl adjacent to an activating group) is 1. The molecule has 0 unspecified atom stereocenters. The number of rotatable bonds is 10. The molecule has 1 saturated heterocycles. The van der Waals surface area contributed by atoms with Crippen molar-refractivity contribution in [3.8, 4) is 17.6 Å². The monoisotopic (exact) mass is 591 g/mol. The van der Waals surface area contributed by atoms with Crippen molar-refractivity contribution in [1.82, 2.24) is 16.0 Å². The first-order chi connectivity index (χ1) is 20.6. The molecule has 0 bridgehead atoms. The van der Waals surface area contributed by atoms with Crippen LogP contribution in [0.5, 0.6) is 5.75 Å². The maximum atomic E-state index is 12.3. The summed E-state index contributed by atoms with van der Waals surface area (Å²) in [7, 11) is 4.71. The SMILES string of the molecule is C=C(C(=O)NC)/C(=C\C(=NC)NC(=O)C1CC1)Nc1cccc(/C(C)=C/C)c1OC.CC#CCC.CC[C@@H](C)C1CNC1. The van der Waals surface area contributed by atoms with Crippen LogP contribution < -0.4 is 26.0 Å². The van der Waals surface area contributed by atoms with Crippen LogP contribution in [0.15, 0.2) is 53.2 Å². The molecule has 1 atom stereocenters. The fraction of sp³-hybridized carbons (Fsp3) is 0.514. The summed E-state index contributed by atoms with van der Waals surface area (Å²) >= 11 is 0. The molecule has 1 saturated carbocycles. The average molecular weight is 592 g/mol. The Morgan fingerprint density at radius 1 is 1.26 bits per heavy atom. The molecule has 1 aliphatic heterocycles. The second-order valence-corrected chi connectivity index (χ2v) is 10.6. The summed E-state index contributed by atoms with van der Waals surface area (Å²) in [6, 6.07) is 5.71. The first-order valence-corrected chi connectivity index (χ1v) is 15.2. The van der Waals surface area contributed by atoms with Crippen molar-refractivity contribution >= 4 is 28.9 Å². The van der Waals surface area contributed by atoms with Gasteiger partial charge in [0.15, 0.2) is 0 Å². The number of aliphatic imine (C=N–C) groups is 1. The van der Waals surface area contributed by atoms with Gasteiger partial charge in [0.1, 0.15) is 11.6 Å². The number of anilines is 1. The number of para-hydroxylation sites is 1. The minimum Gasteiger partial charge on any atom is -0.494 e. The molecule has 4 N–H and O–H groups in total. The van der Waals surface area contributed by atoms with Gasteiger partial charge in [0.05, 0.1) is 24.1 Å². The Balaban J connectivity index is 0.000000584. The van der Waals surface area contributed by atoms with Gasteiger partial charge in [-0.15, -0.1) is 11.8 Å². The summed E-state index contributed by atoms with van der Waals surface area (Å²) in [5.74, 6) is 8.16. The molecule has 0 spiro atoms. The summed E-state index contributed by atoms with van der Waals surface area (Å²) in [5.41, 5.74) is 3.26. The lowest BCUT2D eigenvalue weighted by molar-refractivity contribution is -0.120. The van der Waals surface area contributed by atoms with Crippen molar-refractivity contribution in [2.24, 2.45) is 22.7 Å². The summed E-state index contributed by atoms with van der Waals surface area (Å²) in [5, 5.41) is 11.9. The molecule has 1 aliphatic carbocycles. The Kier molecular flexibility index (Phi) is 17.4. The number of ether oxygens (including phenoxy) is 1. The molecular weight excluding hydrogens is 538 g/mol. The zero-order chi connectivity index (χ0) is 32.4. The van der Waals surface area contributed by atoms with Crippen molar-refractivity contribution in [3.63, 3.8) is 0 Å². The Hall–Kier alpha value is -3.83. The summed E-state index contributed by atoms with van der Waals surface area (Å²) in [4.78, 5) is 28.6. The largest absolute Gasteiger partial charge is 0.494 e. The first kappa shape index (κ1) is 37.2. The highest BCUT2D eigenvalue weighted by Gasteiger charge is 2.30. The van der Waals surface area contributed by atoms with Crippen LogP contribution >= 0.6 is 0 Å². The minimum absolute atomic E-state index is 0.0364. The Labute approximate surface area is 259 Å². The molecule has 1 aromatic rings. The maximum absolute atomic E-state index is 12.3. The third kappa shape index (κ3) is 12.5. The Morgan fingerprint density at radius 2 is 1.93 bits per heavy atom. The lowest BCUT2D eigenvalue weighted by Gasteiger charge is -2.31. The summed E-state index contributed by atoms with van der Waals surface area (Å²) < 4.78 is 5.64. The van der Waals surface area contributed by atoms with Crippen LogP contribution in [0, 0.1) is 29.6 Å². The van der Waals surface area contributed by atoms with Crippen LogP contribution in [-0.4, -0.2) is 51.9 Å². The zero-order valence-corrected chi connectivity index (χ0v) is 27.7. The number of carbonyl (C=O) groups excluding carboxylic acids is 2.